The van der Waals surface area contributed by atoms with Gasteiger partial charge in [-0.2, -0.15) is 15.0 Å². The Morgan fingerprint density at radius 3 is 2.25 bits per heavy atom. The molecule has 0 aliphatic carbocycles. The largest absolute Gasteiger partial charge is 0.319 e. The minimum atomic E-state index is -0.203. The fourth-order valence-corrected chi connectivity index (χ4v) is 1.78. The zero-order valence-electron chi connectivity index (χ0n) is 11.2. The van der Waals surface area contributed by atoms with Gasteiger partial charge in [-0.3, -0.25) is 0 Å². The summed E-state index contributed by atoms with van der Waals surface area (Å²) in [4.78, 5) is 15.0. The van der Waals surface area contributed by atoms with E-state index in [0.717, 1.165) is 11.0 Å². The molecule has 1 heterocycles. The van der Waals surface area contributed by atoms with Crippen molar-refractivity contribution in [2.45, 2.75) is 6.67 Å². The highest BCUT2D eigenvalue weighted by Gasteiger charge is 2.10. The number of aromatic nitrogens is 3. The topological polar surface area (TPSA) is 63.1 Å². The smallest absolute Gasteiger partial charge is 0.317 e. The van der Waals surface area contributed by atoms with E-state index in [1.165, 1.54) is 4.80 Å². The number of amides is 2. The van der Waals surface area contributed by atoms with Crippen LogP contribution < -0.4 is 5.32 Å². The summed E-state index contributed by atoms with van der Waals surface area (Å²) in [5.74, 6) is 0. The number of nitrogens with zero attached hydrogens (tertiary/aromatic N) is 4. The molecule has 0 unspecified atom stereocenters. The fraction of sp³-hybridized carbons (Fsp3) is 0.214. The lowest BCUT2D eigenvalue weighted by Gasteiger charge is -2.19. The van der Waals surface area contributed by atoms with Crippen LogP contribution in [0.3, 0.4) is 0 Å². The van der Waals surface area contributed by atoms with Crippen LogP contribution in [0.1, 0.15) is 0 Å². The third-order valence-corrected chi connectivity index (χ3v) is 2.69. The molecule has 0 atom stereocenters. The zero-order valence-corrected chi connectivity index (χ0v) is 11.2. The number of carbonyl (C=O) groups excluding carboxylic acids is 1. The lowest BCUT2D eigenvalue weighted by molar-refractivity contribution is 0.204. The standard InChI is InChI=1S/C14H17N5O/c1-3-9-18(10-4-2)14(20)15-11-19-16-12-7-5-6-8-13(12)17-19/h3-8H,1-2,9-11H2,(H,15,20). The molecule has 0 radical (unpaired) electrons. The van der Waals surface area contributed by atoms with Crippen molar-refractivity contribution in [3.63, 3.8) is 0 Å². The highest BCUT2D eigenvalue weighted by molar-refractivity contribution is 5.74. The second-order valence-electron chi connectivity index (χ2n) is 4.18. The van der Waals surface area contributed by atoms with Gasteiger partial charge in [-0.15, -0.1) is 13.2 Å². The van der Waals surface area contributed by atoms with Crippen LogP contribution in [-0.2, 0) is 6.67 Å². The molecule has 1 aromatic carbocycles. The maximum absolute atomic E-state index is 12.0. The third-order valence-electron chi connectivity index (χ3n) is 2.69. The Morgan fingerprint density at radius 2 is 1.75 bits per heavy atom. The molecule has 6 heteroatoms. The molecule has 0 saturated heterocycles. The summed E-state index contributed by atoms with van der Waals surface area (Å²) < 4.78 is 0. The minimum absolute atomic E-state index is 0.203. The van der Waals surface area contributed by atoms with Gasteiger partial charge in [0.25, 0.3) is 0 Å². The van der Waals surface area contributed by atoms with Gasteiger partial charge in [-0.05, 0) is 12.1 Å². The summed E-state index contributed by atoms with van der Waals surface area (Å²) in [6, 6.07) is 7.35. The van der Waals surface area contributed by atoms with Gasteiger partial charge in [0.05, 0.1) is 0 Å². The third kappa shape index (κ3) is 3.23. The summed E-state index contributed by atoms with van der Waals surface area (Å²) in [6.07, 6.45) is 3.34. The summed E-state index contributed by atoms with van der Waals surface area (Å²) in [6.45, 7) is 8.40. The Bertz CT molecular complexity index is 576. The van der Waals surface area contributed by atoms with E-state index >= 15 is 0 Å². The van der Waals surface area contributed by atoms with Crippen molar-refractivity contribution in [2.24, 2.45) is 0 Å². The number of rotatable bonds is 6. The van der Waals surface area contributed by atoms with Crippen LogP contribution >= 0.6 is 0 Å². The van der Waals surface area contributed by atoms with Crippen LogP contribution in [-0.4, -0.2) is 39.0 Å². The van der Waals surface area contributed by atoms with Crippen molar-refractivity contribution >= 4 is 17.1 Å². The average molecular weight is 271 g/mol. The zero-order chi connectivity index (χ0) is 14.4. The van der Waals surface area contributed by atoms with E-state index in [9.17, 15) is 4.79 Å². The van der Waals surface area contributed by atoms with E-state index < -0.39 is 0 Å². The van der Waals surface area contributed by atoms with Crippen LogP contribution in [0.25, 0.3) is 11.0 Å². The quantitative estimate of drug-likeness (QED) is 0.814. The van der Waals surface area contributed by atoms with E-state index in [-0.39, 0.29) is 12.7 Å². The first-order chi connectivity index (χ1) is 9.74. The highest BCUT2D eigenvalue weighted by Crippen LogP contribution is 2.06. The van der Waals surface area contributed by atoms with Crippen molar-refractivity contribution in [1.82, 2.24) is 25.2 Å². The van der Waals surface area contributed by atoms with Gasteiger partial charge >= 0.3 is 6.03 Å². The van der Waals surface area contributed by atoms with Crippen molar-refractivity contribution in [1.29, 1.82) is 0 Å². The number of hydrogen-bond donors (Lipinski definition) is 1. The van der Waals surface area contributed by atoms with Gasteiger partial charge in [-0.1, -0.05) is 24.3 Å². The number of nitrogens with one attached hydrogen (secondary N) is 1. The minimum Gasteiger partial charge on any atom is -0.317 e. The maximum Gasteiger partial charge on any atom is 0.319 e. The summed E-state index contributed by atoms with van der Waals surface area (Å²) >= 11 is 0. The van der Waals surface area contributed by atoms with E-state index in [4.69, 9.17) is 0 Å². The van der Waals surface area contributed by atoms with Gasteiger partial charge in [-0.25, -0.2) is 4.79 Å². The number of hydrogen-bond acceptors (Lipinski definition) is 3. The first-order valence-electron chi connectivity index (χ1n) is 6.29. The molecule has 0 saturated carbocycles. The van der Waals surface area contributed by atoms with Crippen molar-refractivity contribution in [3.05, 3.63) is 49.6 Å². The molecule has 0 fully saturated rings. The van der Waals surface area contributed by atoms with Crippen molar-refractivity contribution in [3.8, 4) is 0 Å². The van der Waals surface area contributed by atoms with E-state index in [1.807, 2.05) is 24.3 Å². The monoisotopic (exact) mass is 271 g/mol. The van der Waals surface area contributed by atoms with Crippen LogP contribution in [0.4, 0.5) is 4.79 Å². The first kappa shape index (κ1) is 13.8. The Labute approximate surface area is 117 Å². The summed E-state index contributed by atoms with van der Waals surface area (Å²) in [5, 5.41) is 11.3. The first-order valence-corrected chi connectivity index (χ1v) is 6.29. The summed E-state index contributed by atoms with van der Waals surface area (Å²) in [7, 11) is 0. The normalized spacial score (nSPS) is 10.2. The Balaban J connectivity index is 1.98. The number of carbonyl (C=O) groups is 1. The average Bonchev–Trinajstić information content (AvgIpc) is 2.87. The Kier molecular flexibility index (Phi) is 4.49. The lowest BCUT2D eigenvalue weighted by Crippen LogP contribution is -2.41. The molecular formula is C14H17N5O. The number of urea groups is 1. The van der Waals surface area contributed by atoms with Gasteiger partial charge < -0.3 is 10.2 Å². The Hall–Kier alpha value is -2.63. The predicted molar refractivity (Wildman–Crippen MR) is 78.0 cm³/mol. The van der Waals surface area contributed by atoms with Crippen LogP contribution in [0, 0.1) is 0 Å². The maximum atomic E-state index is 12.0. The number of fused-ring (bicyclic) bond motifs is 1. The molecule has 2 amide bonds. The molecule has 20 heavy (non-hydrogen) atoms. The molecule has 104 valence electrons. The van der Waals surface area contributed by atoms with Crippen molar-refractivity contribution in [2.75, 3.05) is 13.1 Å². The van der Waals surface area contributed by atoms with E-state index in [2.05, 4.69) is 28.7 Å². The van der Waals surface area contributed by atoms with Crippen LogP contribution in [0.5, 0.6) is 0 Å². The fourth-order valence-electron chi connectivity index (χ4n) is 1.78. The predicted octanol–water partition coefficient (Wildman–Crippen LogP) is 1.77. The molecule has 1 aromatic heterocycles. The molecule has 2 aromatic rings. The highest BCUT2D eigenvalue weighted by atomic mass is 16.2. The molecule has 1 N–H and O–H groups in total. The van der Waals surface area contributed by atoms with Crippen molar-refractivity contribution < 1.29 is 4.79 Å². The second-order valence-corrected chi connectivity index (χ2v) is 4.18. The second kappa shape index (κ2) is 6.51. The molecule has 6 nitrogen and oxygen atoms in total. The van der Waals surface area contributed by atoms with E-state index in [1.54, 1.807) is 17.1 Å². The molecule has 2 rings (SSSR count). The SMILES string of the molecule is C=CCN(CC=C)C(=O)NCn1nc2ccccc2n1. The molecular weight excluding hydrogens is 254 g/mol. The lowest BCUT2D eigenvalue weighted by atomic mass is 10.3. The molecule has 0 aliphatic rings. The molecule has 0 aliphatic heterocycles. The van der Waals surface area contributed by atoms with E-state index in [0.29, 0.717) is 13.1 Å². The molecule has 0 spiro atoms. The summed E-state index contributed by atoms with van der Waals surface area (Å²) in [5.41, 5.74) is 1.60. The van der Waals surface area contributed by atoms with Gasteiger partial charge in [0.15, 0.2) is 0 Å². The van der Waals surface area contributed by atoms with Gasteiger partial charge in [0.1, 0.15) is 17.7 Å². The van der Waals surface area contributed by atoms with Gasteiger partial charge in [0.2, 0.25) is 0 Å². The Morgan fingerprint density at radius 1 is 1.20 bits per heavy atom. The molecule has 0 bridgehead atoms. The van der Waals surface area contributed by atoms with Crippen LogP contribution in [0.15, 0.2) is 49.6 Å². The van der Waals surface area contributed by atoms with Gasteiger partial charge in [0, 0.05) is 13.1 Å². The van der Waals surface area contributed by atoms with Crippen LogP contribution in [0.2, 0.25) is 0 Å². The number of benzene rings is 1.